The van der Waals surface area contributed by atoms with Crippen LogP contribution in [-0.4, -0.2) is 32.3 Å². The summed E-state index contributed by atoms with van der Waals surface area (Å²) in [5, 5.41) is 3.67. The Hall–Kier alpha value is -1.29. The van der Waals surface area contributed by atoms with Gasteiger partial charge in [0.15, 0.2) is 0 Å². The molecule has 1 aromatic rings. The van der Waals surface area contributed by atoms with E-state index in [1.54, 1.807) is 7.11 Å². The first-order valence-electron chi connectivity index (χ1n) is 7.56. The van der Waals surface area contributed by atoms with Gasteiger partial charge >= 0.3 is 0 Å². The van der Waals surface area contributed by atoms with E-state index in [-0.39, 0.29) is 5.82 Å². The Bertz CT molecular complexity index is 476. The van der Waals surface area contributed by atoms with Gasteiger partial charge in [0.1, 0.15) is 11.6 Å². The average molecular weight is 278 g/mol. The molecular weight excluding hydrogens is 255 g/mol. The number of nitrogens with zero attached hydrogens (tertiary/aromatic N) is 1. The van der Waals surface area contributed by atoms with E-state index >= 15 is 0 Å². The van der Waals surface area contributed by atoms with E-state index in [4.69, 9.17) is 4.74 Å². The Balaban J connectivity index is 1.87. The Morgan fingerprint density at radius 2 is 2.20 bits per heavy atom. The van der Waals surface area contributed by atoms with Gasteiger partial charge in [-0.15, -0.1) is 0 Å². The number of hydrogen-bond donors (Lipinski definition) is 1. The van der Waals surface area contributed by atoms with Gasteiger partial charge in [-0.3, -0.25) is 0 Å². The summed E-state index contributed by atoms with van der Waals surface area (Å²) in [5.41, 5.74) is 1.02. The van der Waals surface area contributed by atoms with Gasteiger partial charge in [-0.25, -0.2) is 4.39 Å². The molecule has 1 aromatic carbocycles. The second-order valence-corrected chi connectivity index (χ2v) is 5.88. The smallest absolute Gasteiger partial charge is 0.145 e. The molecule has 1 N–H and O–H groups in total. The summed E-state index contributed by atoms with van der Waals surface area (Å²) in [6, 6.07) is 5.87. The molecule has 0 amide bonds. The van der Waals surface area contributed by atoms with Crippen molar-refractivity contribution in [2.45, 2.75) is 38.3 Å². The number of hydrogen-bond acceptors (Lipinski definition) is 3. The highest BCUT2D eigenvalue weighted by molar-refractivity contribution is 5.60. The van der Waals surface area contributed by atoms with E-state index in [9.17, 15) is 4.39 Å². The van der Waals surface area contributed by atoms with Crippen LogP contribution < -0.4 is 15.0 Å². The lowest BCUT2D eigenvalue weighted by Crippen LogP contribution is -2.57. The second kappa shape index (κ2) is 5.60. The van der Waals surface area contributed by atoms with Crippen molar-refractivity contribution in [1.29, 1.82) is 0 Å². The minimum Gasteiger partial charge on any atom is -0.494 e. The first kappa shape index (κ1) is 13.7. The molecule has 2 aliphatic rings. The van der Waals surface area contributed by atoms with Gasteiger partial charge in [0.2, 0.25) is 0 Å². The van der Waals surface area contributed by atoms with Crippen molar-refractivity contribution in [3.05, 3.63) is 24.0 Å². The van der Waals surface area contributed by atoms with Crippen LogP contribution in [0.5, 0.6) is 5.75 Å². The quantitative estimate of drug-likeness (QED) is 0.916. The van der Waals surface area contributed by atoms with Gasteiger partial charge in [-0.1, -0.05) is 6.92 Å². The van der Waals surface area contributed by atoms with Crippen molar-refractivity contribution in [3.8, 4) is 5.75 Å². The normalized spacial score (nSPS) is 26.6. The van der Waals surface area contributed by atoms with Gasteiger partial charge in [0.25, 0.3) is 0 Å². The maximum absolute atomic E-state index is 13.4. The maximum Gasteiger partial charge on any atom is 0.145 e. The van der Waals surface area contributed by atoms with Crippen molar-refractivity contribution in [1.82, 2.24) is 5.32 Å². The summed E-state index contributed by atoms with van der Waals surface area (Å²) in [4.78, 5) is 2.40. The lowest BCUT2D eigenvalue weighted by atomic mass is 10.0. The molecule has 1 aliphatic heterocycles. The zero-order valence-electron chi connectivity index (χ0n) is 12.2. The van der Waals surface area contributed by atoms with Crippen molar-refractivity contribution < 1.29 is 9.13 Å². The van der Waals surface area contributed by atoms with Crippen LogP contribution in [0.1, 0.15) is 26.2 Å². The summed E-state index contributed by atoms with van der Waals surface area (Å²) in [6.07, 6.45) is 3.75. The van der Waals surface area contributed by atoms with Crippen molar-refractivity contribution in [2.75, 3.05) is 25.1 Å². The fourth-order valence-electron chi connectivity index (χ4n) is 3.19. The zero-order chi connectivity index (χ0) is 14.1. The molecule has 1 saturated heterocycles. The van der Waals surface area contributed by atoms with Crippen LogP contribution in [0.2, 0.25) is 0 Å². The number of nitrogens with one attached hydrogen (secondary N) is 1. The van der Waals surface area contributed by atoms with Crippen molar-refractivity contribution in [3.63, 3.8) is 0 Å². The summed E-state index contributed by atoms with van der Waals surface area (Å²) in [5.74, 6) is 1.22. The van der Waals surface area contributed by atoms with Crippen LogP contribution in [0.4, 0.5) is 10.1 Å². The van der Waals surface area contributed by atoms with E-state index in [0.717, 1.165) is 31.1 Å². The van der Waals surface area contributed by atoms with Gasteiger partial charge in [-0.2, -0.15) is 0 Å². The Morgan fingerprint density at radius 1 is 1.40 bits per heavy atom. The largest absolute Gasteiger partial charge is 0.494 e. The number of anilines is 1. The Kier molecular flexibility index (Phi) is 3.83. The van der Waals surface area contributed by atoms with Gasteiger partial charge in [0.05, 0.1) is 12.8 Å². The van der Waals surface area contributed by atoms with Crippen LogP contribution in [0, 0.1) is 11.7 Å². The molecule has 1 aliphatic carbocycles. The average Bonchev–Trinajstić information content (AvgIpc) is 3.31. The maximum atomic E-state index is 13.4. The molecule has 20 heavy (non-hydrogen) atoms. The topological polar surface area (TPSA) is 24.5 Å². The highest BCUT2D eigenvalue weighted by Crippen LogP contribution is 2.37. The molecule has 2 unspecified atom stereocenters. The van der Waals surface area contributed by atoms with E-state index in [1.165, 1.54) is 25.0 Å². The molecule has 0 bridgehead atoms. The van der Waals surface area contributed by atoms with Crippen LogP contribution >= 0.6 is 0 Å². The standard InChI is InChI=1S/C16H23FN2O/c1-3-13-9-18-14(11-4-5-11)10-19(13)15-7-6-12(17)8-16(15)20-2/h6-8,11,13-14,18H,3-5,9-10H2,1-2H3. The van der Waals surface area contributed by atoms with Crippen LogP contribution in [0.25, 0.3) is 0 Å². The molecular formula is C16H23FN2O. The van der Waals surface area contributed by atoms with Gasteiger partial charge in [0, 0.05) is 31.2 Å². The van der Waals surface area contributed by atoms with Gasteiger partial charge in [-0.05, 0) is 37.3 Å². The lowest BCUT2D eigenvalue weighted by molar-refractivity contribution is 0.352. The SMILES string of the molecule is CCC1CNC(C2CC2)CN1c1ccc(F)cc1OC. The number of piperazine rings is 1. The molecule has 2 fully saturated rings. The lowest BCUT2D eigenvalue weighted by Gasteiger charge is -2.42. The molecule has 0 aromatic heterocycles. The molecule has 0 radical (unpaired) electrons. The minimum absolute atomic E-state index is 0.243. The van der Waals surface area contributed by atoms with Crippen LogP contribution in [-0.2, 0) is 0 Å². The summed E-state index contributed by atoms with van der Waals surface area (Å²) in [6.45, 7) is 4.19. The summed E-state index contributed by atoms with van der Waals surface area (Å²) >= 11 is 0. The third-order valence-electron chi connectivity index (χ3n) is 4.56. The third-order valence-corrected chi connectivity index (χ3v) is 4.56. The zero-order valence-corrected chi connectivity index (χ0v) is 12.2. The Morgan fingerprint density at radius 3 is 2.85 bits per heavy atom. The molecule has 1 saturated carbocycles. The number of methoxy groups -OCH3 is 1. The molecule has 0 spiro atoms. The number of benzene rings is 1. The fourth-order valence-corrected chi connectivity index (χ4v) is 3.19. The highest BCUT2D eigenvalue weighted by atomic mass is 19.1. The fraction of sp³-hybridized carbons (Fsp3) is 0.625. The third kappa shape index (κ3) is 2.62. The highest BCUT2D eigenvalue weighted by Gasteiger charge is 2.37. The first-order valence-corrected chi connectivity index (χ1v) is 7.56. The monoisotopic (exact) mass is 278 g/mol. The van der Waals surface area contributed by atoms with E-state index in [2.05, 4.69) is 17.1 Å². The first-order chi connectivity index (χ1) is 9.72. The van der Waals surface area contributed by atoms with E-state index in [1.807, 2.05) is 6.07 Å². The molecule has 1 heterocycles. The van der Waals surface area contributed by atoms with E-state index < -0.39 is 0 Å². The molecule has 3 nitrogen and oxygen atoms in total. The number of rotatable bonds is 4. The summed E-state index contributed by atoms with van der Waals surface area (Å²) in [7, 11) is 1.61. The second-order valence-electron chi connectivity index (χ2n) is 5.88. The molecule has 2 atom stereocenters. The van der Waals surface area contributed by atoms with Crippen LogP contribution in [0.15, 0.2) is 18.2 Å². The molecule has 4 heteroatoms. The van der Waals surface area contributed by atoms with E-state index in [0.29, 0.717) is 17.8 Å². The molecule has 3 rings (SSSR count). The number of halogens is 1. The van der Waals surface area contributed by atoms with Crippen LogP contribution in [0.3, 0.4) is 0 Å². The number of ether oxygens (including phenoxy) is 1. The Labute approximate surface area is 120 Å². The predicted octanol–water partition coefficient (Wildman–Crippen LogP) is 2.80. The molecule has 110 valence electrons. The minimum atomic E-state index is -0.243. The predicted molar refractivity (Wildman–Crippen MR) is 78.9 cm³/mol. The summed E-state index contributed by atoms with van der Waals surface area (Å²) < 4.78 is 18.8. The van der Waals surface area contributed by atoms with Gasteiger partial charge < -0.3 is 15.0 Å². The van der Waals surface area contributed by atoms with Crippen molar-refractivity contribution in [2.24, 2.45) is 5.92 Å². The van der Waals surface area contributed by atoms with Crippen molar-refractivity contribution >= 4 is 5.69 Å².